The minimum atomic E-state index is -0.0546. The fraction of sp³-hybridized carbons (Fsp3) is 0.261. The van der Waals surface area contributed by atoms with Crippen LogP contribution >= 0.6 is 22.9 Å². The maximum absolute atomic E-state index is 12.8. The molecule has 0 spiro atoms. The number of benzene rings is 2. The topological polar surface area (TPSA) is 29.5 Å². The molecule has 1 atom stereocenters. The van der Waals surface area contributed by atoms with Crippen LogP contribution in [0.4, 0.5) is 0 Å². The average Bonchev–Trinajstić information content (AvgIpc) is 3.27. The van der Waals surface area contributed by atoms with Crippen molar-refractivity contribution in [1.82, 2.24) is 4.90 Å². The fourth-order valence-electron chi connectivity index (χ4n) is 3.03. The van der Waals surface area contributed by atoms with Crippen LogP contribution < -0.4 is 4.74 Å². The predicted octanol–water partition coefficient (Wildman–Crippen LogP) is 6.16. The van der Waals surface area contributed by atoms with Crippen molar-refractivity contribution < 1.29 is 9.53 Å². The second-order valence-electron chi connectivity index (χ2n) is 6.43. The molecule has 3 rings (SSSR count). The summed E-state index contributed by atoms with van der Waals surface area (Å²) in [6, 6.07) is 21.4. The Morgan fingerprint density at radius 3 is 2.61 bits per heavy atom. The number of thiophene rings is 1. The number of nitrogens with zero attached hydrogens (tertiary/aromatic N) is 1. The largest absolute Gasteiger partial charge is 0.485 e. The Morgan fingerprint density at radius 2 is 1.93 bits per heavy atom. The quantitative estimate of drug-likeness (QED) is 0.393. The molecule has 0 bridgehead atoms. The summed E-state index contributed by atoms with van der Waals surface area (Å²) >= 11 is 7.65. The number of alkyl halides is 1. The zero-order valence-electron chi connectivity index (χ0n) is 15.9. The lowest BCUT2D eigenvalue weighted by molar-refractivity contribution is 0.0752. The minimum Gasteiger partial charge on any atom is -0.485 e. The number of rotatable bonds is 9. The van der Waals surface area contributed by atoms with Gasteiger partial charge in [-0.1, -0.05) is 36.4 Å². The first kappa shape index (κ1) is 20.4. The minimum absolute atomic E-state index is 0.0352. The number of hydrogen-bond donors (Lipinski definition) is 0. The Balaban J connectivity index is 1.72. The van der Waals surface area contributed by atoms with Gasteiger partial charge in [0.15, 0.2) is 0 Å². The van der Waals surface area contributed by atoms with Crippen LogP contribution in [0.5, 0.6) is 5.75 Å². The molecule has 1 aromatic heterocycles. The monoisotopic (exact) mass is 413 g/mol. The Labute approximate surface area is 175 Å². The Hall–Kier alpha value is -2.30. The van der Waals surface area contributed by atoms with Crippen LogP contribution in [-0.2, 0) is 6.54 Å². The smallest absolute Gasteiger partial charge is 0.254 e. The van der Waals surface area contributed by atoms with E-state index in [1.54, 1.807) is 11.3 Å². The number of carbonyl (C=O) groups is 1. The van der Waals surface area contributed by atoms with Crippen LogP contribution in [0, 0.1) is 0 Å². The summed E-state index contributed by atoms with van der Waals surface area (Å²) in [6.07, 6.45) is 0.695. The normalized spacial score (nSPS) is 11.8. The van der Waals surface area contributed by atoms with E-state index in [0.29, 0.717) is 24.5 Å². The number of ether oxygens (including phenoxy) is 1. The van der Waals surface area contributed by atoms with Crippen LogP contribution in [0.25, 0.3) is 0 Å². The lowest BCUT2D eigenvalue weighted by atomic mass is 10.1. The van der Waals surface area contributed by atoms with Gasteiger partial charge in [0.05, 0.1) is 0 Å². The van der Waals surface area contributed by atoms with Crippen molar-refractivity contribution in [3.8, 4) is 5.75 Å². The molecule has 3 aromatic rings. The molecule has 0 saturated carbocycles. The van der Waals surface area contributed by atoms with Crippen molar-refractivity contribution in [3.63, 3.8) is 0 Å². The van der Waals surface area contributed by atoms with Crippen LogP contribution in [0.3, 0.4) is 0 Å². The summed E-state index contributed by atoms with van der Waals surface area (Å²) < 4.78 is 6.22. The zero-order valence-corrected chi connectivity index (χ0v) is 17.5. The summed E-state index contributed by atoms with van der Waals surface area (Å²) in [4.78, 5) is 15.8. The highest BCUT2D eigenvalue weighted by molar-refractivity contribution is 7.10. The third-order valence-electron chi connectivity index (χ3n) is 4.47. The van der Waals surface area contributed by atoms with E-state index in [1.165, 1.54) is 4.88 Å². The number of carbonyl (C=O) groups excluding carboxylic acids is 1. The number of hydrogen-bond acceptors (Lipinski definition) is 3. The number of amides is 1. The maximum Gasteiger partial charge on any atom is 0.254 e. The van der Waals surface area contributed by atoms with Gasteiger partial charge in [-0.05, 0) is 48.2 Å². The highest BCUT2D eigenvalue weighted by atomic mass is 35.5. The highest BCUT2D eigenvalue weighted by Crippen LogP contribution is 2.29. The van der Waals surface area contributed by atoms with Crippen LogP contribution in [0.1, 0.15) is 40.2 Å². The Morgan fingerprint density at radius 1 is 1.11 bits per heavy atom. The molecule has 0 aliphatic heterocycles. The maximum atomic E-state index is 12.8. The fourth-order valence-corrected chi connectivity index (χ4v) is 4.01. The van der Waals surface area contributed by atoms with E-state index in [1.807, 2.05) is 77.9 Å². The summed E-state index contributed by atoms with van der Waals surface area (Å²) in [7, 11) is 0. The first-order valence-electron chi connectivity index (χ1n) is 9.40. The standard InChI is InChI=1S/C23H24ClNO2S/c1-2-25(23(26)19-9-4-3-5-10-19)17-18-8-6-11-20(16-18)27-21(13-14-24)22-12-7-15-28-22/h3-12,15-16,21H,2,13-14,17H2,1H3. The first-order chi connectivity index (χ1) is 13.7. The van der Waals surface area contributed by atoms with Gasteiger partial charge in [-0.25, -0.2) is 0 Å². The van der Waals surface area contributed by atoms with Crippen LogP contribution in [0.2, 0.25) is 0 Å². The molecule has 1 unspecified atom stereocenters. The molecular formula is C23H24ClNO2S. The molecule has 1 heterocycles. The lowest BCUT2D eigenvalue weighted by Gasteiger charge is -2.22. The third kappa shape index (κ3) is 5.37. The van der Waals surface area contributed by atoms with Gasteiger partial charge in [-0.2, -0.15) is 0 Å². The molecular weight excluding hydrogens is 390 g/mol. The van der Waals surface area contributed by atoms with E-state index in [9.17, 15) is 4.79 Å². The van der Waals surface area contributed by atoms with Gasteiger partial charge in [0.1, 0.15) is 11.9 Å². The van der Waals surface area contributed by atoms with Crippen molar-refractivity contribution in [3.05, 3.63) is 88.1 Å². The second-order valence-corrected chi connectivity index (χ2v) is 7.79. The summed E-state index contributed by atoms with van der Waals surface area (Å²) in [6.45, 7) is 3.18. The van der Waals surface area contributed by atoms with Crippen LogP contribution in [0.15, 0.2) is 72.1 Å². The molecule has 0 N–H and O–H groups in total. The molecule has 2 aromatic carbocycles. The SMILES string of the molecule is CCN(Cc1cccc(OC(CCCl)c2cccs2)c1)C(=O)c1ccccc1. The summed E-state index contributed by atoms with van der Waals surface area (Å²) in [5.41, 5.74) is 1.75. The van der Waals surface area contributed by atoms with E-state index >= 15 is 0 Å². The predicted molar refractivity (Wildman–Crippen MR) is 116 cm³/mol. The van der Waals surface area contributed by atoms with Crippen molar-refractivity contribution in [2.45, 2.75) is 26.0 Å². The van der Waals surface area contributed by atoms with E-state index in [-0.39, 0.29) is 12.0 Å². The Kier molecular flexibility index (Phi) is 7.52. The summed E-state index contributed by atoms with van der Waals surface area (Å²) in [5.74, 6) is 1.37. The van der Waals surface area contributed by atoms with E-state index in [0.717, 1.165) is 17.7 Å². The molecule has 146 valence electrons. The Bertz CT molecular complexity index is 867. The molecule has 3 nitrogen and oxygen atoms in total. The van der Waals surface area contributed by atoms with E-state index in [2.05, 4.69) is 6.07 Å². The van der Waals surface area contributed by atoms with Crippen molar-refractivity contribution in [2.75, 3.05) is 12.4 Å². The van der Waals surface area contributed by atoms with Gasteiger partial charge in [0.25, 0.3) is 5.91 Å². The highest BCUT2D eigenvalue weighted by Gasteiger charge is 2.16. The molecule has 0 aliphatic carbocycles. The van der Waals surface area contributed by atoms with E-state index in [4.69, 9.17) is 16.3 Å². The molecule has 0 radical (unpaired) electrons. The van der Waals surface area contributed by atoms with E-state index < -0.39 is 0 Å². The van der Waals surface area contributed by atoms with Gasteiger partial charge < -0.3 is 9.64 Å². The van der Waals surface area contributed by atoms with Gasteiger partial charge in [0.2, 0.25) is 0 Å². The molecule has 1 amide bonds. The molecule has 0 aliphatic rings. The van der Waals surface area contributed by atoms with Crippen molar-refractivity contribution in [2.24, 2.45) is 0 Å². The second kappa shape index (κ2) is 10.3. The molecule has 0 fully saturated rings. The molecule has 0 saturated heterocycles. The average molecular weight is 414 g/mol. The van der Waals surface area contributed by atoms with Gasteiger partial charge >= 0.3 is 0 Å². The van der Waals surface area contributed by atoms with Crippen molar-refractivity contribution >= 4 is 28.8 Å². The van der Waals surface area contributed by atoms with Crippen molar-refractivity contribution in [1.29, 1.82) is 0 Å². The first-order valence-corrected chi connectivity index (χ1v) is 10.8. The van der Waals surface area contributed by atoms with Gasteiger partial charge in [0, 0.05) is 35.8 Å². The summed E-state index contributed by atoms with van der Waals surface area (Å²) in [5, 5.41) is 2.05. The number of halogens is 1. The molecule has 5 heteroatoms. The molecule has 28 heavy (non-hydrogen) atoms. The third-order valence-corrected chi connectivity index (χ3v) is 5.65. The van der Waals surface area contributed by atoms with Gasteiger partial charge in [-0.3, -0.25) is 4.79 Å². The lowest BCUT2D eigenvalue weighted by Crippen LogP contribution is -2.30. The van der Waals surface area contributed by atoms with Gasteiger partial charge in [-0.15, -0.1) is 22.9 Å². The van der Waals surface area contributed by atoms with Crippen LogP contribution in [-0.4, -0.2) is 23.2 Å². The zero-order chi connectivity index (χ0) is 19.8.